The minimum absolute atomic E-state index is 0.192. The molecule has 0 atom stereocenters. The molecule has 3 heterocycles. The van der Waals surface area contributed by atoms with Gasteiger partial charge in [0.25, 0.3) is 6.71 Å². The van der Waals surface area contributed by atoms with Crippen LogP contribution in [0.25, 0.3) is 0 Å². The van der Waals surface area contributed by atoms with Gasteiger partial charge in [-0.1, -0.05) is 84.9 Å². The summed E-state index contributed by atoms with van der Waals surface area (Å²) in [7, 11) is -2.69. The first-order chi connectivity index (χ1) is 22.1. The van der Waals surface area contributed by atoms with Crippen LogP contribution >= 0.6 is 0 Å². The van der Waals surface area contributed by atoms with E-state index in [-0.39, 0.29) is 12.3 Å². The minimum Gasteiger partial charge on any atom is -0.458 e. The predicted octanol–water partition coefficient (Wildman–Crippen LogP) is 4.73. The first-order valence-electron chi connectivity index (χ1n) is 17.1. The smallest absolute Gasteiger partial charge is 0.256 e. The third-order valence-electron chi connectivity index (χ3n) is 12.7. The highest BCUT2D eigenvalue weighted by molar-refractivity contribution is 7.27. The number of nitrogens with zero attached hydrogens (tertiary/aromatic N) is 1. The van der Waals surface area contributed by atoms with Crippen LogP contribution in [-0.4, -0.2) is 20.3 Å². The molecule has 0 aromatic heterocycles. The third kappa shape index (κ3) is 3.07. The van der Waals surface area contributed by atoms with Crippen molar-refractivity contribution in [2.24, 2.45) is 17.8 Å². The Bertz CT molecular complexity index is 1980. The highest BCUT2D eigenvalue weighted by atomic mass is 28.3. The molecule has 4 aliphatic carbocycles. The molecule has 5 aromatic rings. The maximum absolute atomic E-state index is 7.06. The molecule has 0 N–H and O–H groups in total. The summed E-state index contributed by atoms with van der Waals surface area (Å²) < 4.78 is 7.06. The number of rotatable bonds is 3. The zero-order valence-electron chi connectivity index (χ0n) is 25.8. The fourth-order valence-electron chi connectivity index (χ4n) is 11.8. The number of hydrogen-bond donors (Lipinski definition) is 0. The summed E-state index contributed by atoms with van der Waals surface area (Å²) in [6, 6.07) is 42.2. The predicted molar refractivity (Wildman–Crippen MR) is 189 cm³/mol. The number of ether oxygens (including phenoxy) is 1. The Hall–Kier alpha value is -4.02. The second kappa shape index (κ2) is 8.61. The van der Waals surface area contributed by atoms with Crippen LogP contribution in [0.3, 0.4) is 0 Å². The molecule has 45 heavy (non-hydrogen) atoms. The van der Waals surface area contributed by atoms with E-state index >= 15 is 0 Å². The average Bonchev–Trinajstić information content (AvgIpc) is 3.05. The van der Waals surface area contributed by atoms with E-state index in [2.05, 4.69) is 121 Å². The number of anilines is 2. The van der Waals surface area contributed by atoms with E-state index in [4.69, 9.17) is 4.74 Å². The van der Waals surface area contributed by atoms with Gasteiger partial charge in [-0.25, -0.2) is 0 Å². The fraction of sp³-hybridized carbons (Fsp3) is 0.268. The molecule has 4 heteroatoms. The Labute approximate surface area is 267 Å². The Balaban J connectivity index is 1.29. The molecular weight excluding hydrogens is 561 g/mol. The molecule has 218 valence electrons. The summed E-state index contributed by atoms with van der Waals surface area (Å²) in [6.07, 6.45) is 8.35. The van der Waals surface area contributed by atoms with Crippen LogP contribution in [0, 0.1) is 24.7 Å². The van der Waals surface area contributed by atoms with Gasteiger partial charge in [0.05, 0.1) is 0 Å². The third-order valence-corrected chi connectivity index (χ3v) is 17.6. The highest BCUT2D eigenvalue weighted by Gasteiger charge is 2.60. The lowest BCUT2D eigenvalue weighted by Crippen LogP contribution is -2.88. The van der Waals surface area contributed by atoms with Gasteiger partial charge in [-0.05, 0) is 130 Å². The van der Waals surface area contributed by atoms with Gasteiger partial charge < -0.3 is 9.64 Å². The first-order valence-corrected chi connectivity index (χ1v) is 19.1. The van der Waals surface area contributed by atoms with Crippen molar-refractivity contribution in [1.29, 1.82) is 0 Å². The molecule has 0 amide bonds. The van der Waals surface area contributed by atoms with E-state index in [9.17, 15) is 0 Å². The maximum Gasteiger partial charge on any atom is 0.256 e. The zero-order valence-corrected chi connectivity index (χ0v) is 26.8. The molecule has 4 saturated carbocycles. The molecule has 0 spiro atoms. The van der Waals surface area contributed by atoms with Crippen molar-refractivity contribution >= 4 is 63.3 Å². The summed E-state index contributed by atoms with van der Waals surface area (Å²) in [5.74, 6) is 4.75. The molecule has 3 aliphatic heterocycles. The van der Waals surface area contributed by atoms with Crippen LogP contribution in [0.4, 0.5) is 11.4 Å². The number of benzene rings is 5. The van der Waals surface area contributed by atoms with Gasteiger partial charge >= 0.3 is 0 Å². The molecule has 12 rings (SSSR count). The molecule has 0 unspecified atom stereocenters. The van der Waals surface area contributed by atoms with Gasteiger partial charge in [0.1, 0.15) is 11.5 Å². The van der Waals surface area contributed by atoms with Crippen LogP contribution in [0.5, 0.6) is 11.5 Å². The SMILES string of the molecule is Cc1cc2c3c(c1)N(C14CC5CC(CC(C5)C1)C4)c1cccc4c1B3c1c(cccc1[Si]4(c1ccccc1)c1ccccc1)O2. The average molecular weight is 598 g/mol. The van der Waals surface area contributed by atoms with Crippen molar-refractivity contribution in [3.63, 3.8) is 0 Å². The van der Waals surface area contributed by atoms with Crippen molar-refractivity contribution < 1.29 is 4.74 Å². The normalized spacial score (nSPS) is 26.8. The molecule has 5 aromatic carbocycles. The molecule has 0 saturated heterocycles. The molecule has 4 fully saturated rings. The lowest BCUT2D eigenvalue weighted by atomic mass is 9.33. The summed E-state index contributed by atoms with van der Waals surface area (Å²) >= 11 is 0. The monoisotopic (exact) mass is 597 g/mol. The molecule has 2 nitrogen and oxygen atoms in total. The van der Waals surface area contributed by atoms with E-state index in [0.717, 1.165) is 29.3 Å². The Morgan fingerprint density at radius 1 is 0.622 bits per heavy atom. The summed E-state index contributed by atoms with van der Waals surface area (Å²) in [6.45, 7) is 2.46. The van der Waals surface area contributed by atoms with Crippen LogP contribution in [-0.2, 0) is 0 Å². The summed E-state index contributed by atoms with van der Waals surface area (Å²) in [5, 5.41) is 5.98. The zero-order chi connectivity index (χ0) is 29.5. The van der Waals surface area contributed by atoms with Gasteiger partial charge in [-0.15, -0.1) is 0 Å². The van der Waals surface area contributed by atoms with Gasteiger partial charge in [0.2, 0.25) is 0 Å². The van der Waals surface area contributed by atoms with Crippen molar-refractivity contribution in [1.82, 2.24) is 0 Å². The van der Waals surface area contributed by atoms with E-state index in [0.29, 0.717) is 0 Å². The Kier molecular flexibility index (Phi) is 4.82. The van der Waals surface area contributed by atoms with Gasteiger partial charge in [0, 0.05) is 16.9 Å². The first kappa shape index (κ1) is 25.2. The van der Waals surface area contributed by atoms with Crippen LogP contribution in [0.15, 0.2) is 109 Å². The van der Waals surface area contributed by atoms with Crippen LogP contribution < -0.4 is 46.8 Å². The van der Waals surface area contributed by atoms with Crippen molar-refractivity contribution in [2.75, 3.05) is 4.90 Å². The van der Waals surface area contributed by atoms with Crippen LogP contribution in [0.1, 0.15) is 44.1 Å². The van der Waals surface area contributed by atoms with Crippen molar-refractivity contribution in [3.05, 3.63) is 115 Å². The van der Waals surface area contributed by atoms with Crippen LogP contribution in [0.2, 0.25) is 0 Å². The van der Waals surface area contributed by atoms with E-state index < -0.39 is 8.07 Å². The van der Waals surface area contributed by atoms with Gasteiger partial charge in [0.15, 0.2) is 8.07 Å². The number of aryl methyl sites for hydroxylation is 1. The second-order valence-corrected chi connectivity index (χ2v) is 18.9. The van der Waals surface area contributed by atoms with E-state index in [1.54, 1.807) is 10.6 Å². The molecule has 0 radical (unpaired) electrons. The van der Waals surface area contributed by atoms with Crippen molar-refractivity contribution in [2.45, 2.75) is 51.0 Å². The molecular formula is C41H36BNOSi. The topological polar surface area (TPSA) is 12.5 Å². The molecule has 7 aliphatic rings. The maximum atomic E-state index is 7.06. The van der Waals surface area contributed by atoms with E-state index in [1.165, 1.54) is 81.9 Å². The van der Waals surface area contributed by atoms with Gasteiger partial charge in [-0.2, -0.15) is 0 Å². The fourth-order valence-corrected chi connectivity index (χ4v) is 17.1. The lowest BCUT2D eigenvalue weighted by molar-refractivity contribution is 0.000631. The lowest BCUT2D eigenvalue weighted by Gasteiger charge is -2.63. The largest absolute Gasteiger partial charge is 0.458 e. The standard InChI is InChI=1S/C41H36BNOSi/c1-26-18-33-38-35(19-26)44-34-15-9-17-37-40(34)42(38)39-32(43(33)41-23-27-20-28(24-41)22-29(21-27)25-41)14-8-16-36(39)45(37,30-10-4-2-5-11-30)31-12-6-3-7-13-31/h2-19,27-29H,20-25H2,1H3. The Morgan fingerprint density at radius 3 is 1.87 bits per heavy atom. The highest BCUT2D eigenvalue weighted by Crippen LogP contribution is 2.60. The summed E-state index contributed by atoms with van der Waals surface area (Å²) in [4.78, 5) is 2.93. The second-order valence-electron chi connectivity index (χ2n) is 15.1. The minimum atomic E-state index is -2.69. The quantitative estimate of drug-likeness (QED) is 0.273. The molecule has 4 bridgehead atoms. The summed E-state index contributed by atoms with van der Waals surface area (Å²) in [5.41, 5.74) is 8.79. The number of hydrogen-bond acceptors (Lipinski definition) is 2. The van der Waals surface area contributed by atoms with Gasteiger partial charge in [-0.3, -0.25) is 0 Å². The van der Waals surface area contributed by atoms with E-state index in [1.807, 2.05) is 0 Å². The Morgan fingerprint density at radius 2 is 1.22 bits per heavy atom. The van der Waals surface area contributed by atoms with Crippen molar-refractivity contribution in [3.8, 4) is 11.5 Å².